The lowest BCUT2D eigenvalue weighted by atomic mass is 10.0. The highest BCUT2D eigenvalue weighted by atomic mass is 35.5. The third kappa shape index (κ3) is 2.98. The van der Waals surface area contributed by atoms with Gasteiger partial charge in [-0.1, -0.05) is 18.0 Å². The van der Waals surface area contributed by atoms with E-state index in [-0.39, 0.29) is 0 Å². The van der Waals surface area contributed by atoms with E-state index in [2.05, 4.69) is 27.2 Å². The molecule has 1 aromatic heterocycles. The minimum Gasteiger partial charge on any atom is -0.393 e. The summed E-state index contributed by atoms with van der Waals surface area (Å²) in [6.45, 7) is 2.00. The van der Waals surface area contributed by atoms with Gasteiger partial charge in [-0.3, -0.25) is 0 Å². The fourth-order valence-corrected chi connectivity index (χ4v) is 2.26. The number of hydrogen-bond acceptors (Lipinski definition) is 5. The highest BCUT2D eigenvalue weighted by Crippen LogP contribution is 2.22. The van der Waals surface area contributed by atoms with Crippen LogP contribution in [0.15, 0.2) is 6.33 Å². The topological polar surface area (TPSA) is 67.1 Å². The van der Waals surface area contributed by atoms with E-state index in [9.17, 15) is 0 Å². The number of likely N-dealkylation sites (N-methyl/N-ethyl adjacent to an activating group) is 1. The Kier molecular flexibility index (Phi) is 4.02. The van der Waals surface area contributed by atoms with Crippen molar-refractivity contribution in [3.05, 3.63) is 11.5 Å². The molecule has 3 N–H and O–H groups in total. The Balaban J connectivity index is 1.95. The lowest BCUT2D eigenvalue weighted by Crippen LogP contribution is -2.40. The molecule has 2 heterocycles. The van der Waals surface area contributed by atoms with Crippen LogP contribution in [0.3, 0.4) is 0 Å². The fraction of sp³-hybridized carbons (Fsp3) is 0.636. The highest BCUT2D eigenvalue weighted by Gasteiger charge is 2.19. The molecule has 5 nitrogen and oxygen atoms in total. The van der Waals surface area contributed by atoms with Crippen molar-refractivity contribution in [1.82, 2.24) is 14.9 Å². The molecular weight excluding hydrogens is 238 g/mol. The van der Waals surface area contributed by atoms with E-state index in [1.807, 2.05) is 0 Å². The van der Waals surface area contributed by atoms with Gasteiger partial charge < -0.3 is 16.0 Å². The number of nitrogens with one attached hydrogen (secondary N) is 1. The number of nitrogens with two attached hydrogens (primary N) is 1. The number of piperidine rings is 1. The molecular formula is C11H18ClN5. The molecule has 0 amide bonds. The molecule has 1 saturated heterocycles. The van der Waals surface area contributed by atoms with Gasteiger partial charge in [-0.2, -0.15) is 0 Å². The summed E-state index contributed by atoms with van der Waals surface area (Å²) in [5.41, 5.74) is 6.22. The van der Waals surface area contributed by atoms with Crippen LogP contribution in [0.5, 0.6) is 0 Å². The molecule has 17 heavy (non-hydrogen) atoms. The van der Waals surface area contributed by atoms with Crippen LogP contribution in [0.25, 0.3) is 0 Å². The van der Waals surface area contributed by atoms with Crippen molar-refractivity contribution in [3.8, 4) is 0 Å². The Morgan fingerprint density at radius 3 is 3.12 bits per heavy atom. The molecule has 0 unspecified atom stereocenters. The monoisotopic (exact) mass is 255 g/mol. The van der Waals surface area contributed by atoms with E-state index in [4.69, 9.17) is 17.3 Å². The lowest BCUT2D eigenvalue weighted by molar-refractivity contribution is 0.194. The van der Waals surface area contributed by atoms with Gasteiger partial charge in [0.15, 0.2) is 11.0 Å². The molecule has 1 aromatic rings. The van der Waals surface area contributed by atoms with Crippen LogP contribution in [-0.2, 0) is 0 Å². The van der Waals surface area contributed by atoms with Crippen molar-refractivity contribution in [2.45, 2.75) is 25.3 Å². The molecule has 1 atom stereocenters. The van der Waals surface area contributed by atoms with Crippen molar-refractivity contribution in [1.29, 1.82) is 0 Å². The molecule has 0 aliphatic carbocycles. The molecule has 0 aromatic carbocycles. The number of likely N-dealkylation sites (tertiary alicyclic amines) is 1. The van der Waals surface area contributed by atoms with Crippen molar-refractivity contribution in [3.63, 3.8) is 0 Å². The van der Waals surface area contributed by atoms with Gasteiger partial charge in [0.2, 0.25) is 0 Å². The zero-order valence-electron chi connectivity index (χ0n) is 9.99. The predicted octanol–water partition coefficient (Wildman–Crippen LogP) is 1.61. The maximum Gasteiger partial charge on any atom is 0.157 e. The first kappa shape index (κ1) is 12.4. The Morgan fingerprint density at radius 2 is 2.35 bits per heavy atom. The number of aromatic nitrogens is 2. The standard InChI is InChI=1S/C11H18ClN5/c1-17-5-3-2-4-8(17)6-14-11-9(13)10(12)15-7-16-11/h7-8H,2-6,13H2,1H3,(H,14,15,16)/t8-/m0/s1. The van der Waals surface area contributed by atoms with E-state index < -0.39 is 0 Å². The molecule has 0 radical (unpaired) electrons. The van der Waals surface area contributed by atoms with Gasteiger partial charge in [0.25, 0.3) is 0 Å². The fourth-order valence-electron chi connectivity index (χ4n) is 2.13. The smallest absolute Gasteiger partial charge is 0.157 e. The summed E-state index contributed by atoms with van der Waals surface area (Å²) in [4.78, 5) is 10.3. The van der Waals surface area contributed by atoms with Gasteiger partial charge in [0.05, 0.1) is 0 Å². The minimum absolute atomic E-state index is 0.305. The number of halogens is 1. The van der Waals surface area contributed by atoms with Gasteiger partial charge in [-0.15, -0.1) is 0 Å². The van der Waals surface area contributed by atoms with Crippen molar-refractivity contribution < 1.29 is 0 Å². The summed E-state index contributed by atoms with van der Waals surface area (Å²) < 4.78 is 0. The third-order valence-corrected chi connectivity index (χ3v) is 3.56. The first-order chi connectivity index (χ1) is 8.18. The molecule has 0 bridgehead atoms. The summed E-state index contributed by atoms with van der Waals surface area (Å²) in [5.74, 6) is 0.629. The molecule has 1 aliphatic heterocycles. The highest BCUT2D eigenvalue weighted by molar-refractivity contribution is 6.32. The van der Waals surface area contributed by atoms with Gasteiger partial charge in [-0.25, -0.2) is 9.97 Å². The predicted molar refractivity (Wildman–Crippen MR) is 70.2 cm³/mol. The molecule has 0 saturated carbocycles. The SMILES string of the molecule is CN1CCCC[C@H]1CNc1ncnc(Cl)c1N. The van der Waals surface area contributed by atoms with Gasteiger partial charge in [-0.05, 0) is 26.4 Å². The van der Waals surface area contributed by atoms with Crippen molar-refractivity contribution in [2.24, 2.45) is 0 Å². The lowest BCUT2D eigenvalue weighted by Gasteiger charge is -2.32. The summed E-state index contributed by atoms with van der Waals surface area (Å²) in [7, 11) is 2.15. The Bertz CT molecular complexity index is 384. The van der Waals surface area contributed by atoms with E-state index in [0.717, 1.165) is 13.1 Å². The van der Waals surface area contributed by atoms with Crippen LogP contribution in [0.2, 0.25) is 5.15 Å². The molecule has 2 rings (SSSR count). The average Bonchev–Trinajstić information content (AvgIpc) is 2.33. The van der Waals surface area contributed by atoms with Crippen LogP contribution in [0.1, 0.15) is 19.3 Å². The van der Waals surface area contributed by atoms with Crippen LogP contribution in [0.4, 0.5) is 11.5 Å². The summed E-state index contributed by atoms with van der Waals surface area (Å²) >= 11 is 5.84. The number of nitrogens with zero attached hydrogens (tertiary/aromatic N) is 3. The summed E-state index contributed by atoms with van der Waals surface area (Å²) in [5, 5.41) is 3.56. The number of nitrogen functional groups attached to an aromatic ring is 1. The normalized spacial score (nSPS) is 21.4. The zero-order valence-corrected chi connectivity index (χ0v) is 10.7. The number of hydrogen-bond donors (Lipinski definition) is 2. The van der Waals surface area contributed by atoms with E-state index in [1.165, 1.54) is 25.6 Å². The first-order valence-electron chi connectivity index (χ1n) is 5.88. The Morgan fingerprint density at radius 1 is 1.53 bits per heavy atom. The second kappa shape index (κ2) is 5.51. The second-order valence-corrected chi connectivity index (χ2v) is 4.80. The summed E-state index contributed by atoms with van der Waals surface area (Å²) in [6.07, 6.45) is 5.21. The van der Waals surface area contributed by atoms with Crippen LogP contribution in [0, 0.1) is 0 Å². The molecule has 6 heteroatoms. The second-order valence-electron chi connectivity index (χ2n) is 4.44. The first-order valence-corrected chi connectivity index (χ1v) is 6.26. The van der Waals surface area contributed by atoms with E-state index >= 15 is 0 Å². The minimum atomic E-state index is 0.305. The van der Waals surface area contributed by atoms with Gasteiger partial charge in [0.1, 0.15) is 12.0 Å². The molecule has 1 fully saturated rings. The van der Waals surface area contributed by atoms with Crippen molar-refractivity contribution >= 4 is 23.1 Å². The van der Waals surface area contributed by atoms with Crippen molar-refractivity contribution in [2.75, 3.05) is 31.2 Å². The van der Waals surface area contributed by atoms with Crippen LogP contribution >= 0.6 is 11.6 Å². The zero-order chi connectivity index (χ0) is 12.3. The molecule has 1 aliphatic rings. The molecule has 94 valence electrons. The quantitative estimate of drug-likeness (QED) is 0.804. The Labute approximate surface area is 106 Å². The maximum absolute atomic E-state index is 5.84. The maximum atomic E-state index is 5.84. The average molecular weight is 256 g/mol. The van der Waals surface area contributed by atoms with Gasteiger partial charge in [0, 0.05) is 12.6 Å². The van der Waals surface area contributed by atoms with Crippen LogP contribution in [-0.4, -0.2) is 41.0 Å². The number of anilines is 2. The number of rotatable bonds is 3. The largest absolute Gasteiger partial charge is 0.393 e. The molecule has 0 spiro atoms. The summed E-state index contributed by atoms with van der Waals surface area (Å²) in [6, 6.07) is 0.539. The van der Waals surface area contributed by atoms with E-state index in [0.29, 0.717) is 22.7 Å². The Hall–Kier alpha value is -1.07. The van der Waals surface area contributed by atoms with E-state index in [1.54, 1.807) is 0 Å². The van der Waals surface area contributed by atoms with Gasteiger partial charge >= 0.3 is 0 Å². The third-order valence-electron chi connectivity index (χ3n) is 3.26. The van der Waals surface area contributed by atoms with Crippen LogP contribution < -0.4 is 11.1 Å².